The van der Waals surface area contributed by atoms with Gasteiger partial charge in [0.25, 0.3) is 0 Å². The molecule has 1 fully saturated rings. The molecule has 1 saturated heterocycles. The van der Waals surface area contributed by atoms with Gasteiger partial charge in [-0.2, -0.15) is 0 Å². The number of benzene rings is 2. The summed E-state index contributed by atoms with van der Waals surface area (Å²) in [5, 5.41) is 38.0. The van der Waals surface area contributed by atoms with E-state index in [0.29, 0.717) is 42.1 Å². The monoisotopic (exact) mass is 551 g/mol. The minimum atomic E-state index is -0.834. The Morgan fingerprint density at radius 3 is 2.52 bits per heavy atom. The van der Waals surface area contributed by atoms with Gasteiger partial charge in [-0.05, 0) is 63.8 Å². The van der Waals surface area contributed by atoms with E-state index in [-0.39, 0.29) is 43.1 Å². The van der Waals surface area contributed by atoms with Crippen LogP contribution in [-0.2, 0) is 17.6 Å². The van der Waals surface area contributed by atoms with Crippen molar-refractivity contribution in [3.05, 3.63) is 45.0 Å². The summed E-state index contributed by atoms with van der Waals surface area (Å²) in [4.78, 5) is 17.1. The second kappa shape index (κ2) is 10.1. The number of unbranched alkanes of at least 4 members (excludes halogenated alkanes) is 2. The molecule has 4 aliphatic rings. The van der Waals surface area contributed by atoms with Crippen LogP contribution in [-0.4, -0.2) is 69.7 Å². The molecule has 9 heteroatoms. The largest absolute Gasteiger partial charge is 0.507 e. The fraction of sp³-hybridized carbons (Fsp3) is 0.581. The molecule has 0 aromatic heterocycles. The van der Waals surface area contributed by atoms with Crippen molar-refractivity contribution >= 4 is 5.91 Å². The van der Waals surface area contributed by atoms with Gasteiger partial charge in [0.05, 0.1) is 18.1 Å². The summed E-state index contributed by atoms with van der Waals surface area (Å²) in [7, 11) is 2.01. The Balaban J connectivity index is 1.48. The lowest BCUT2D eigenvalue weighted by Crippen LogP contribution is -2.69. The molecule has 0 aliphatic carbocycles. The summed E-state index contributed by atoms with van der Waals surface area (Å²) >= 11 is 0. The van der Waals surface area contributed by atoms with Gasteiger partial charge >= 0.3 is 0 Å². The molecule has 2 aromatic carbocycles. The van der Waals surface area contributed by atoms with E-state index in [1.165, 1.54) is 0 Å². The Labute approximate surface area is 235 Å². The zero-order chi connectivity index (χ0) is 28.5. The van der Waals surface area contributed by atoms with E-state index >= 15 is 0 Å². The fourth-order valence-electron chi connectivity index (χ4n) is 7.55. The SMILES string of the molecule is CCCCCC(=O)NC[C@H]1c2c(c(O)c(C)c3c2OCO3)CC2[C@@H]3c4c(cc(C)c(C)c4O)C[C@@H]([C@H](O)N21)N3C. The molecule has 6 rings (SSSR count). The molecular formula is C31H41N3O6. The summed E-state index contributed by atoms with van der Waals surface area (Å²) in [6, 6.07) is 1.02. The quantitative estimate of drug-likeness (QED) is 0.403. The van der Waals surface area contributed by atoms with Crippen LogP contribution in [0.15, 0.2) is 6.07 Å². The summed E-state index contributed by atoms with van der Waals surface area (Å²) < 4.78 is 11.7. The molecule has 4 aliphatic heterocycles. The van der Waals surface area contributed by atoms with Crippen LogP contribution in [0.4, 0.5) is 0 Å². The number of phenolic OH excluding ortho intramolecular Hbond substituents is 2. The molecule has 1 amide bonds. The molecule has 0 radical (unpaired) electrons. The molecule has 5 atom stereocenters. The number of carbonyl (C=O) groups is 1. The van der Waals surface area contributed by atoms with Crippen molar-refractivity contribution in [2.45, 2.75) is 96.6 Å². The number of aryl methyl sites for hydroxylation is 1. The first-order chi connectivity index (χ1) is 19.1. The maximum absolute atomic E-state index is 12.9. The van der Waals surface area contributed by atoms with Gasteiger partial charge in [0.1, 0.15) is 17.7 Å². The highest BCUT2D eigenvalue weighted by Gasteiger charge is 2.56. The number of likely N-dealkylation sites (N-methyl/N-ethyl adjacent to an activating group) is 1. The highest BCUT2D eigenvalue weighted by atomic mass is 16.7. The van der Waals surface area contributed by atoms with Crippen molar-refractivity contribution in [1.82, 2.24) is 15.1 Å². The summed E-state index contributed by atoms with van der Waals surface area (Å²) in [5.74, 6) is 1.55. The Hall–Kier alpha value is -3.01. The van der Waals surface area contributed by atoms with Crippen LogP contribution in [0.1, 0.15) is 83.6 Å². The van der Waals surface area contributed by atoms with Crippen molar-refractivity contribution in [1.29, 1.82) is 0 Å². The number of phenols is 2. The number of aliphatic hydroxyl groups is 1. The fourth-order valence-corrected chi connectivity index (χ4v) is 7.55. The molecule has 4 heterocycles. The molecule has 1 unspecified atom stereocenters. The number of amides is 1. The first kappa shape index (κ1) is 27.2. The zero-order valence-electron chi connectivity index (χ0n) is 24.1. The third-order valence-corrected chi connectivity index (χ3v) is 9.79. The van der Waals surface area contributed by atoms with Crippen molar-refractivity contribution < 1.29 is 29.6 Å². The van der Waals surface area contributed by atoms with Gasteiger partial charge in [-0.15, -0.1) is 0 Å². The maximum atomic E-state index is 12.9. The standard InChI is InChI=1S/C31H41N3O6/c1-6-7-8-9-23(35)32-13-22-25-19(27(36)17(4)29-30(25)40-14-39-29)12-20-26-24-18(10-15(2)16(3)28(24)37)11-21(33(26)5)31(38)34(20)22/h10,20-22,26,31,36-38H,6-9,11-14H2,1-5H3,(H,32,35)/t20?,21-,22-,26+,31-/m0/s1. The van der Waals surface area contributed by atoms with E-state index < -0.39 is 12.3 Å². The van der Waals surface area contributed by atoms with Crippen molar-refractivity contribution in [2.75, 3.05) is 20.4 Å². The number of carbonyl (C=O) groups excluding carboxylic acids is 1. The lowest BCUT2D eigenvalue weighted by molar-refractivity contribution is -0.172. The number of fused-ring (bicyclic) bond motifs is 9. The highest BCUT2D eigenvalue weighted by molar-refractivity contribution is 5.76. The number of ether oxygens (including phenoxy) is 2. The minimum absolute atomic E-state index is 0.0276. The van der Waals surface area contributed by atoms with E-state index in [1.54, 1.807) is 0 Å². The average molecular weight is 552 g/mol. The lowest BCUT2D eigenvalue weighted by atomic mass is 9.73. The number of rotatable bonds is 6. The van der Waals surface area contributed by atoms with E-state index in [0.717, 1.165) is 52.6 Å². The second-order valence-electron chi connectivity index (χ2n) is 12.0. The predicted molar refractivity (Wildman–Crippen MR) is 150 cm³/mol. The van der Waals surface area contributed by atoms with Crippen LogP contribution in [0.25, 0.3) is 0 Å². The smallest absolute Gasteiger partial charge is 0.231 e. The summed E-state index contributed by atoms with van der Waals surface area (Å²) in [6.07, 6.45) is 3.52. The Morgan fingerprint density at radius 1 is 1.02 bits per heavy atom. The van der Waals surface area contributed by atoms with Crippen molar-refractivity contribution in [2.24, 2.45) is 0 Å². The Morgan fingerprint density at radius 2 is 1.77 bits per heavy atom. The third-order valence-electron chi connectivity index (χ3n) is 9.79. The number of aromatic hydroxyl groups is 2. The number of nitrogens with one attached hydrogen (secondary N) is 1. The first-order valence-electron chi connectivity index (χ1n) is 14.6. The number of nitrogens with zero attached hydrogens (tertiary/aromatic N) is 2. The van der Waals surface area contributed by atoms with Gasteiger partial charge in [0, 0.05) is 41.3 Å². The Bertz CT molecular complexity index is 1360. The van der Waals surface area contributed by atoms with Gasteiger partial charge in [0.2, 0.25) is 12.7 Å². The van der Waals surface area contributed by atoms with Gasteiger partial charge < -0.3 is 30.1 Å². The molecule has 216 valence electrons. The van der Waals surface area contributed by atoms with E-state index in [1.807, 2.05) is 27.8 Å². The van der Waals surface area contributed by atoms with Gasteiger partial charge in [-0.1, -0.05) is 25.8 Å². The van der Waals surface area contributed by atoms with Crippen LogP contribution < -0.4 is 14.8 Å². The van der Waals surface area contributed by atoms with Crippen LogP contribution in [0.3, 0.4) is 0 Å². The Kier molecular flexibility index (Phi) is 6.87. The molecule has 40 heavy (non-hydrogen) atoms. The number of hydrogen-bond acceptors (Lipinski definition) is 8. The van der Waals surface area contributed by atoms with E-state index in [9.17, 15) is 20.1 Å². The molecule has 2 bridgehead atoms. The third kappa shape index (κ3) is 3.96. The number of aliphatic hydroxyl groups excluding tert-OH is 1. The number of hydrogen-bond donors (Lipinski definition) is 4. The van der Waals surface area contributed by atoms with Gasteiger partial charge in [-0.25, -0.2) is 0 Å². The molecular weight excluding hydrogens is 510 g/mol. The summed E-state index contributed by atoms with van der Waals surface area (Å²) in [5.41, 5.74) is 6.00. The average Bonchev–Trinajstić information content (AvgIpc) is 3.42. The van der Waals surface area contributed by atoms with Crippen LogP contribution in [0.5, 0.6) is 23.0 Å². The topological polar surface area (TPSA) is 115 Å². The predicted octanol–water partition coefficient (Wildman–Crippen LogP) is 3.65. The lowest BCUT2D eigenvalue weighted by Gasteiger charge is -2.60. The van der Waals surface area contributed by atoms with Gasteiger partial charge in [-0.3, -0.25) is 14.6 Å². The molecule has 0 saturated carbocycles. The molecule has 9 nitrogen and oxygen atoms in total. The molecule has 0 spiro atoms. The highest BCUT2D eigenvalue weighted by Crippen LogP contribution is 2.57. The second-order valence-corrected chi connectivity index (χ2v) is 12.0. The molecule has 4 N–H and O–H groups in total. The van der Waals surface area contributed by atoms with E-state index in [4.69, 9.17) is 9.47 Å². The normalized spacial score (nSPS) is 26.7. The van der Waals surface area contributed by atoms with Crippen molar-refractivity contribution in [3.8, 4) is 23.0 Å². The van der Waals surface area contributed by atoms with Crippen LogP contribution in [0, 0.1) is 20.8 Å². The maximum Gasteiger partial charge on any atom is 0.231 e. The van der Waals surface area contributed by atoms with E-state index in [2.05, 4.69) is 28.1 Å². The molecule has 2 aromatic rings. The first-order valence-corrected chi connectivity index (χ1v) is 14.6. The number of piperazine rings is 1. The zero-order valence-corrected chi connectivity index (χ0v) is 24.1. The van der Waals surface area contributed by atoms with Crippen molar-refractivity contribution in [3.63, 3.8) is 0 Å². The van der Waals surface area contributed by atoms with Crippen LogP contribution in [0.2, 0.25) is 0 Å². The minimum Gasteiger partial charge on any atom is -0.507 e. The van der Waals surface area contributed by atoms with Crippen LogP contribution >= 0.6 is 0 Å². The van der Waals surface area contributed by atoms with Gasteiger partial charge in [0.15, 0.2) is 11.5 Å². The summed E-state index contributed by atoms with van der Waals surface area (Å²) in [6.45, 7) is 8.20.